The molecule has 0 radical (unpaired) electrons. The number of carbonyl (C=O) groups excluding carboxylic acids is 2. The van der Waals surface area contributed by atoms with Gasteiger partial charge in [0.05, 0.1) is 0 Å². The molecule has 4 nitrogen and oxygen atoms in total. The van der Waals surface area contributed by atoms with Gasteiger partial charge < -0.3 is 9.47 Å². The number of ether oxygens (including phenoxy) is 2. The van der Waals surface area contributed by atoms with Gasteiger partial charge in [0.1, 0.15) is 6.26 Å². The summed E-state index contributed by atoms with van der Waals surface area (Å²) in [6.45, 7) is 5.84. The Morgan fingerprint density at radius 2 is 1.83 bits per heavy atom. The molecule has 12 heavy (non-hydrogen) atoms. The Kier molecular flexibility index (Phi) is 4.45. The fourth-order valence-electron chi connectivity index (χ4n) is 0.421. The van der Waals surface area contributed by atoms with Gasteiger partial charge in [0.2, 0.25) is 0 Å². The number of esters is 2. The second-order valence-electron chi connectivity index (χ2n) is 1.93. The van der Waals surface area contributed by atoms with Crippen LogP contribution < -0.4 is 0 Å². The molecular weight excluding hydrogens is 160 g/mol. The Morgan fingerprint density at radius 3 is 2.17 bits per heavy atom. The van der Waals surface area contributed by atoms with Crippen molar-refractivity contribution in [3.8, 4) is 0 Å². The van der Waals surface area contributed by atoms with E-state index in [-0.39, 0.29) is 5.76 Å². The molecule has 0 heterocycles. The van der Waals surface area contributed by atoms with E-state index in [9.17, 15) is 9.59 Å². The number of carbonyl (C=O) groups is 2. The van der Waals surface area contributed by atoms with E-state index in [1.165, 1.54) is 19.9 Å². The summed E-state index contributed by atoms with van der Waals surface area (Å²) in [4.78, 5) is 20.7. The van der Waals surface area contributed by atoms with Crippen LogP contribution in [-0.4, -0.2) is 11.9 Å². The molecule has 0 aliphatic carbocycles. The summed E-state index contributed by atoms with van der Waals surface area (Å²) in [7, 11) is 0. The van der Waals surface area contributed by atoms with Crippen molar-refractivity contribution in [3.63, 3.8) is 0 Å². The Labute approximate surface area is 70.5 Å². The molecule has 0 bridgehead atoms. The maximum atomic E-state index is 10.4. The van der Waals surface area contributed by atoms with Crippen LogP contribution in [0.5, 0.6) is 0 Å². The molecule has 0 N–H and O–H groups in total. The van der Waals surface area contributed by atoms with E-state index in [1.807, 2.05) is 0 Å². The lowest BCUT2D eigenvalue weighted by Gasteiger charge is -1.99. The summed E-state index contributed by atoms with van der Waals surface area (Å²) in [6, 6.07) is 0. The molecule has 0 rings (SSSR count). The Morgan fingerprint density at radius 1 is 1.25 bits per heavy atom. The highest BCUT2D eigenvalue weighted by molar-refractivity contribution is 5.68. The van der Waals surface area contributed by atoms with Crippen molar-refractivity contribution in [1.82, 2.24) is 0 Å². The third-order valence-electron chi connectivity index (χ3n) is 0.804. The average Bonchev–Trinajstić information content (AvgIpc) is 1.97. The smallest absolute Gasteiger partial charge is 0.308 e. The molecule has 4 heteroatoms. The van der Waals surface area contributed by atoms with Crippen LogP contribution in [0.1, 0.15) is 13.8 Å². The number of hydrogen-bond donors (Lipinski definition) is 0. The van der Waals surface area contributed by atoms with Crippen molar-refractivity contribution in [1.29, 1.82) is 0 Å². The molecule has 66 valence electrons. The van der Waals surface area contributed by atoms with Crippen LogP contribution >= 0.6 is 0 Å². The molecule has 0 fully saturated rings. The van der Waals surface area contributed by atoms with Crippen LogP contribution in [0.4, 0.5) is 0 Å². The molecule has 0 aliphatic heterocycles. The molecule has 0 aromatic heterocycles. The molecule has 0 atom stereocenters. The Balaban J connectivity index is 4.13. The minimum atomic E-state index is -0.492. The summed E-state index contributed by atoms with van der Waals surface area (Å²) < 4.78 is 9.02. The fraction of sp³-hybridized carbons (Fsp3) is 0.250. The predicted molar refractivity (Wildman–Crippen MR) is 41.8 cm³/mol. The van der Waals surface area contributed by atoms with Crippen LogP contribution in [0.25, 0.3) is 0 Å². The van der Waals surface area contributed by atoms with Crippen LogP contribution in [0.15, 0.2) is 24.7 Å². The van der Waals surface area contributed by atoms with Gasteiger partial charge in [-0.1, -0.05) is 6.58 Å². The summed E-state index contributed by atoms with van der Waals surface area (Å²) in [5.41, 5.74) is 0. The lowest BCUT2D eigenvalue weighted by Crippen LogP contribution is -1.99. The van der Waals surface area contributed by atoms with Gasteiger partial charge in [0.15, 0.2) is 5.76 Å². The first-order valence-corrected chi connectivity index (χ1v) is 3.24. The summed E-state index contributed by atoms with van der Waals surface area (Å²) in [5.74, 6) is -0.868. The molecule has 0 amide bonds. The summed E-state index contributed by atoms with van der Waals surface area (Å²) >= 11 is 0. The van der Waals surface area contributed by atoms with E-state index in [0.29, 0.717) is 0 Å². The third kappa shape index (κ3) is 5.22. The molecule has 0 aliphatic rings. The number of rotatable bonds is 3. The van der Waals surface area contributed by atoms with E-state index >= 15 is 0 Å². The van der Waals surface area contributed by atoms with Gasteiger partial charge in [-0.25, -0.2) is 0 Å². The van der Waals surface area contributed by atoms with Crippen molar-refractivity contribution >= 4 is 11.9 Å². The van der Waals surface area contributed by atoms with E-state index in [2.05, 4.69) is 16.1 Å². The lowest BCUT2D eigenvalue weighted by molar-refractivity contribution is -0.139. The molecule has 0 spiro atoms. The highest BCUT2D eigenvalue weighted by Gasteiger charge is 1.98. The van der Waals surface area contributed by atoms with Gasteiger partial charge in [0, 0.05) is 13.8 Å². The maximum Gasteiger partial charge on any atom is 0.308 e. The first kappa shape index (κ1) is 10.4. The van der Waals surface area contributed by atoms with E-state index in [0.717, 1.165) is 6.26 Å². The average molecular weight is 170 g/mol. The standard InChI is InChI=1S/C8H10O4/c1-4-8(12-7(3)10)5-11-6(2)9/h4-5H,1H2,2-3H3. The van der Waals surface area contributed by atoms with Crippen molar-refractivity contribution in [3.05, 3.63) is 24.7 Å². The largest absolute Gasteiger partial charge is 0.431 e. The maximum absolute atomic E-state index is 10.4. The Bertz CT molecular complexity index is 227. The van der Waals surface area contributed by atoms with Crippen molar-refractivity contribution in [2.75, 3.05) is 0 Å². The van der Waals surface area contributed by atoms with Gasteiger partial charge >= 0.3 is 11.9 Å². The minimum Gasteiger partial charge on any atom is -0.431 e. The minimum absolute atomic E-state index is 0.109. The predicted octanol–water partition coefficient (Wildman–Crippen LogP) is 1.14. The van der Waals surface area contributed by atoms with Crippen molar-refractivity contribution in [2.45, 2.75) is 13.8 Å². The Hall–Kier alpha value is -1.58. The molecular formula is C8H10O4. The lowest BCUT2D eigenvalue weighted by atomic mass is 10.5. The van der Waals surface area contributed by atoms with Gasteiger partial charge in [-0.15, -0.1) is 0 Å². The number of allylic oxidation sites excluding steroid dienone is 1. The quantitative estimate of drug-likeness (QED) is 0.362. The summed E-state index contributed by atoms with van der Waals surface area (Å²) in [6.07, 6.45) is 2.29. The molecule has 0 aromatic carbocycles. The highest BCUT2D eigenvalue weighted by atomic mass is 16.6. The zero-order valence-electron chi connectivity index (χ0n) is 6.99. The second-order valence-corrected chi connectivity index (χ2v) is 1.93. The van der Waals surface area contributed by atoms with Crippen LogP contribution in [0.2, 0.25) is 0 Å². The zero-order valence-corrected chi connectivity index (χ0v) is 6.99. The molecule has 0 unspecified atom stereocenters. The molecule has 0 saturated heterocycles. The first-order valence-electron chi connectivity index (χ1n) is 3.24. The van der Waals surface area contributed by atoms with Crippen LogP contribution in [0, 0.1) is 0 Å². The van der Waals surface area contributed by atoms with E-state index < -0.39 is 11.9 Å². The topological polar surface area (TPSA) is 52.6 Å². The summed E-state index contributed by atoms with van der Waals surface area (Å²) in [5, 5.41) is 0. The monoisotopic (exact) mass is 170 g/mol. The molecule has 0 aromatic rings. The van der Waals surface area contributed by atoms with Crippen LogP contribution in [-0.2, 0) is 19.1 Å². The third-order valence-corrected chi connectivity index (χ3v) is 0.804. The van der Waals surface area contributed by atoms with Gasteiger partial charge in [-0.3, -0.25) is 9.59 Å². The van der Waals surface area contributed by atoms with Gasteiger partial charge in [-0.2, -0.15) is 0 Å². The van der Waals surface area contributed by atoms with Crippen LogP contribution in [0.3, 0.4) is 0 Å². The van der Waals surface area contributed by atoms with E-state index in [1.54, 1.807) is 0 Å². The van der Waals surface area contributed by atoms with Crippen molar-refractivity contribution < 1.29 is 19.1 Å². The highest BCUT2D eigenvalue weighted by Crippen LogP contribution is 1.99. The normalized spacial score (nSPS) is 10.3. The second kappa shape index (κ2) is 5.12. The van der Waals surface area contributed by atoms with E-state index in [4.69, 9.17) is 0 Å². The zero-order chi connectivity index (χ0) is 9.56. The molecule has 0 saturated carbocycles. The van der Waals surface area contributed by atoms with Gasteiger partial charge in [0.25, 0.3) is 0 Å². The fourth-order valence-corrected chi connectivity index (χ4v) is 0.421. The number of hydrogen-bond acceptors (Lipinski definition) is 4. The van der Waals surface area contributed by atoms with Gasteiger partial charge in [-0.05, 0) is 6.08 Å². The van der Waals surface area contributed by atoms with Crippen molar-refractivity contribution in [2.24, 2.45) is 0 Å². The SMILES string of the molecule is C=CC(=COC(C)=O)OC(C)=O. The first-order chi connectivity index (χ1) is 5.56.